The number of ketones is 1. The lowest BCUT2D eigenvalue weighted by Crippen LogP contribution is -2.24. The molecular formula is C14H14F6O. The summed E-state index contributed by atoms with van der Waals surface area (Å²) >= 11 is 0. The number of alkyl halides is 6. The number of hydrogen-bond acceptors (Lipinski definition) is 1. The van der Waals surface area contributed by atoms with E-state index in [9.17, 15) is 31.1 Å². The van der Waals surface area contributed by atoms with Crippen molar-refractivity contribution in [1.82, 2.24) is 0 Å². The third-order valence-electron chi connectivity index (χ3n) is 3.35. The third kappa shape index (κ3) is 3.98. The van der Waals surface area contributed by atoms with E-state index in [4.69, 9.17) is 0 Å². The first-order chi connectivity index (χ1) is 9.29. The number of carbonyl (C=O) groups is 1. The van der Waals surface area contributed by atoms with Crippen LogP contribution < -0.4 is 0 Å². The summed E-state index contributed by atoms with van der Waals surface area (Å²) in [6, 6.07) is 0.944. The van der Waals surface area contributed by atoms with Gasteiger partial charge in [0, 0.05) is 11.0 Å². The smallest absolute Gasteiger partial charge is 0.294 e. The number of benzene rings is 1. The van der Waals surface area contributed by atoms with E-state index >= 15 is 0 Å². The van der Waals surface area contributed by atoms with Crippen LogP contribution in [0.15, 0.2) is 18.2 Å². The predicted octanol–water partition coefficient (Wildman–Crippen LogP) is 5.34. The predicted molar refractivity (Wildman–Crippen MR) is 64.8 cm³/mol. The van der Waals surface area contributed by atoms with Gasteiger partial charge in [0.1, 0.15) is 0 Å². The van der Waals surface area contributed by atoms with Crippen LogP contribution in [0.2, 0.25) is 0 Å². The summed E-state index contributed by atoms with van der Waals surface area (Å²) in [6.07, 6.45) is -9.61. The van der Waals surface area contributed by atoms with Gasteiger partial charge >= 0.3 is 12.4 Å². The van der Waals surface area contributed by atoms with E-state index in [1.165, 1.54) is 13.8 Å². The van der Waals surface area contributed by atoms with Crippen molar-refractivity contribution in [1.29, 1.82) is 0 Å². The third-order valence-corrected chi connectivity index (χ3v) is 3.35. The van der Waals surface area contributed by atoms with Gasteiger partial charge in [0.2, 0.25) is 0 Å². The minimum Gasteiger partial charge on any atom is -0.294 e. The summed E-state index contributed by atoms with van der Waals surface area (Å²) in [7, 11) is 0. The van der Waals surface area contributed by atoms with Crippen LogP contribution >= 0.6 is 0 Å². The van der Waals surface area contributed by atoms with Crippen molar-refractivity contribution in [3.63, 3.8) is 0 Å². The lowest BCUT2D eigenvalue weighted by molar-refractivity contribution is -0.143. The Labute approximate surface area is 118 Å². The average molecular weight is 312 g/mol. The van der Waals surface area contributed by atoms with Crippen LogP contribution in [0.3, 0.4) is 0 Å². The van der Waals surface area contributed by atoms with Crippen molar-refractivity contribution in [3.8, 4) is 0 Å². The molecule has 0 bridgehead atoms. The fourth-order valence-corrected chi connectivity index (χ4v) is 1.64. The second-order valence-corrected chi connectivity index (χ2v) is 5.36. The van der Waals surface area contributed by atoms with Gasteiger partial charge in [0.15, 0.2) is 5.78 Å². The molecule has 0 saturated heterocycles. The van der Waals surface area contributed by atoms with Gasteiger partial charge in [-0.15, -0.1) is 0 Å². The number of halogens is 6. The Hall–Kier alpha value is -1.53. The molecule has 1 nitrogen and oxygen atoms in total. The molecule has 0 amide bonds. The maximum Gasteiger partial charge on any atom is 0.416 e. The lowest BCUT2D eigenvalue weighted by Gasteiger charge is -2.22. The van der Waals surface area contributed by atoms with Crippen LogP contribution in [0, 0.1) is 5.41 Å². The SMILES string of the molecule is CCC(C)(C)C(=O)c1cc(C(F)(F)F)cc(C(F)(F)F)c1. The molecule has 0 atom stereocenters. The van der Waals surface area contributed by atoms with Crippen LogP contribution in [0.1, 0.15) is 48.7 Å². The van der Waals surface area contributed by atoms with Crippen molar-refractivity contribution in [2.45, 2.75) is 39.5 Å². The minimum atomic E-state index is -4.95. The molecule has 0 aliphatic rings. The fourth-order valence-electron chi connectivity index (χ4n) is 1.64. The maximum absolute atomic E-state index is 12.7. The Morgan fingerprint density at radius 1 is 0.905 bits per heavy atom. The Balaban J connectivity index is 3.50. The van der Waals surface area contributed by atoms with Crippen LogP contribution in [0.25, 0.3) is 0 Å². The molecule has 0 aliphatic heterocycles. The summed E-state index contributed by atoms with van der Waals surface area (Å²) in [6.45, 7) is 4.59. The molecule has 0 N–H and O–H groups in total. The van der Waals surface area contributed by atoms with Gasteiger partial charge in [-0.05, 0) is 24.6 Å². The van der Waals surface area contributed by atoms with Gasteiger partial charge in [-0.3, -0.25) is 4.79 Å². The second kappa shape index (κ2) is 5.35. The van der Waals surface area contributed by atoms with E-state index in [1.807, 2.05) is 0 Å². The minimum absolute atomic E-state index is 0.00965. The lowest BCUT2D eigenvalue weighted by atomic mass is 9.81. The van der Waals surface area contributed by atoms with Crippen LogP contribution in [-0.4, -0.2) is 5.78 Å². The molecule has 1 rings (SSSR count). The molecule has 0 radical (unpaired) electrons. The Morgan fingerprint density at radius 3 is 1.57 bits per heavy atom. The Morgan fingerprint density at radius 2 is 1.29 bits per heavy atom. The highest BCUT2D eigenvalue weighted by Gasteiger charge is 2.38. The van der Waals surface area contributed by atoms with E-state index in [2.05, 4.69) is 0 Å². The Bertz CT molecular complexity index is 507. The van der Waals surface area contributed by atoms with Crippen molar-refractivity contribution >= 4 is 5.78 Å². The van der Waals surface area contributed by atoms with E-state index in [-0.39, 0.29) is 6.07 Å². The van der Waals surface area contributed by atoms with Crippen molar-refractivity contribution in [2.75, 3.05) is 0 Å². The molecule has 1 aromatic carbocycles. The quantitative estimate of drug-likeness (QED) is 0.543. The van der Waals surface area contributed by atoms with Gasteiger partial charge in [-0.25, -0.2) is 0 Å². The summed E-state index contributed by atoms with van der Waals surface area (Å²) < 4.78 is 76.2. The summed E-state index contributed by atoms with van der Waals surface area (Å²) in [5.74, 6) is -0.749. The van der Waals surface area contributed by atoms with Gasteiger partial charge in [-0.1, -0.05) is 20.8 Å². The molecule has 21 heavy (non-hydrogen) atoms. The molecule has 0 fully saturated rings. The summed E-state index contributed by atoms with van der Waals surface area (Å²) in [5.41, 5.74) is -4.57. The van der Waals surface area contributed by atoms with E-state index < -0.39 is 40.2 Å². The van der Waals surface area contributed by atoms with E-state index in [0.29, 0.717) is 18.6 Å². The van der Waals surface area contributed by atoms with E-state index in [1.54, 1.807) is 6.92 Å². The first-order valence-corrected chi connectivity index (χ1v) is 6.13. The molecule has 118 valence electrons. The number of rotatable bonds is 3. The molecule has 7 heteroatoms. The normalized spacial score (nSPS) is 13.4. The molecule has 0 unspecified atom stereocenters. The number of carbonyl (C=O) groups excluding carboxylic acids is 1. The zero-order valence-electron chi connectivity index (χ0n) is 11.6. The molecule has 1 aromatic rings. The maximum atomic E-state index is 12.7. The van der Waals surface area contributed by atoms with E-state index in [0.717, 1.165) is 0 Å². The van der Waals surface area contributed by atoms with Crippen molar-refractivity contribution in [3.05, 3.63) is 34.9 Å². The van der Waals surface area contributed by atoms with Gasteiger partial charge in [0.05, 0.1) is 11.1 Å². The molecular weight excluding hydrogens is 298 g/mol. The van der Waals surface area contributed by atoms with Gasteiger partial charge in [-0.2, -0.15) is 26.3 Å². The van der Waals surface area contributed by atoms with Gasteiger partial charge < -0.3 is 0 Å². The topological polar surface area (TPSA) is 17.1 Å². The largest absolute Gasteiger partial charge is 0.416 e. The monoisotopic (exact) mass is 312 g/mol. The molecule has 0 aromatic heterocycles. The molecule has 0 saturated carbocycles. The standard InChI is InChI=1S/C14H14F6O/c1-4-12(2,3)11(21)8-5-9(13(15,16)17)7-10(6-8)14(18,19)20/h5-7H,4H2,1-3H3. The molecule has 0 heterocycles. The molecule has 0 spiro atoms. The number of hydrogen-bond donors (Lipinski definition) is 0. The van der Waals surface area contributed by atoms with Crippen molar-refractivity contribution in [2.24, 2.45) is 5.41 Å². The van der Waals surface area contributed by atoms with Crippen LogP contribution in [0.5, 0.6) is 0 Å². The van der Waals surface area contributed by atoms with Crippen LogP contribution in [0.4, 0.5) is 26.3 Å². The zero-order valence-corrected chi connectivity index (χ0v) is 11.6. The number of Topliss-reactive ketones (excluding diaryl/α,β-unsaturated/α-hetero) is 1. The second-order valence-electron chi connectivity index (χ2n) is 5.36. The highest BCUT2D eigenvalue weighted by molar-refractivity contribution is 6.00. The van der Waals surface area contributed by atoms with Crippen LogP contribution in [-0.2, 0) is 12.4 Å². The molecule has 0 aliphatic carbocycles. The van der Waals surface area contributed by atoms with Crippen molar-refractivity contribution < 1.29 is 31.1 Å². The highest BCUT2D eigenvalue weighted by atomic mass is 19.4. The fraction of sp³-hybridized carbons (Fsp3) is 0.500. The van der Waals surface area contributed by atoms with Gasteiger partial charge in [0.25, 0.3) is 0 Å². The highest BCUT2D eigenvalue weighted by Crippen LogP contribution is 2.37. The first-order valence-electron chi connectivity index (χ1n) is 6.13. The Kier molecular flexibility index (Phi) is 4.46. The summed E-state index contributed by atoms with van der Waals surface area (Å²) in [4.78, 5) is 12.1. The summed E-state index contributed by atoms with van der Waals surface area (Å²) in [5, 5.41) is 0. The first kappa shape index (κ1) is 17.5. The average Bonchev–Trinajstić information content (AvgIpc) is 2.35. The zero-order chi connectivity index (χ0) is 16.6.